The number of hydrogen-bond donors (Lipinski definition) is 1. The third-order valence-corrected chi connectivity index (χ3v) is 3.35. The minimum atomic E-state index is -0.264. The predicted molar refractivity (Wildman–Crippen MR) is 89.8 cm³/mol. The van der Waals surface area contributed by atoms with Crippen molar-refractivity contribution >= 4 is 23.3 Å². The van der Waals surface area contributed by atoms with Crippen molar-refractivity contribution in [1.29, 1.82) is 5.26 Å². The van der Waals surface area contributed by atoms with Crippen LogP contribution in [0.3, 0.4) is 0 Å². The van der Waals surface area contributed by atoms with Gasteiger partial charge in [-0.2, -0.15) is 5.26 Å². The second-order valence-corrected chi connectivity index (χ2v) is 5.28. The highest BCUT2D eigenvalue weighted by Gasteiger charge is 2.09. The largest absolute Gasteiger partial charge is 0.492 e. The molecular weight excluding hydrogens is 314 g/mol. The number of hydrogen-bond acceptors (Lipinski definition) is 3. The maximum Gasteiger partial charge on any atom is 0.321 e. The summed E-state index contributed by atoms with van der Waals surface area (Å²) in [4.78, 5) is 13.6. The van der Waals surface area contributed by atoms with Crippen molar-refractivity contribution in [2.45, 2.75) is 0 Å². The number of nitrogens with one attached hydrogen (secondary N) is 1. The van der Waals surface area contributed by atoms with Crippen LogP contribution in [0.1, 0.15) is 5.56 Å². The lowest BCUT2D eigenvalue weighted by Gasteiger charge is -2.18. The number of anilines is 1. The van der Waals surface area contributed by atoms with Gasteiger partial charge < -0.3 is 15.0 Å². The zero-order valence-corrected chi connectivity index (χ0v) is 13.4. The number of nitrogens with zero attached hydrogens (tertiary/aromatic N) is 2. The SMILES string of the molecule is CN(CCOc1ccc(Cl)cc1)C(=O)Nc1cccc(C#N)c1. The Bertz CT molecular complexity index is 711. The van der Waals surface area contributed by atoms with E-state index in [0.29, 0.717) is 35.2 Å². The fourth-order valence-corrected chi connectivity index (χ4v) is 1.94. The fourth-order valence-electron chi connectivity index (χ4n) is 1.82. The van der Waals surface area contributed by atoms with E-state index in [2.05, 4.69) is 5.32 Å². The molecule has 0 aliphatic carbocycles. The maximum atomic E-state index is 12.1. The van der Waals surface area contributed by atoms with Gasteiger partial charge >= 0.3 is 6.03 Å². The van der Waals surface area contributed by atoms with Gasteiger partial charge in [0.25, 0.3) is 0 Å². The molecule has 1 N–H and O–H groups in total. The molecule has 0 saturated heterocycles. The van der Waals surface area contributed by atoms with Crippen LogP contribution >= 0.6 is 11.6 Å². The molecule has 0 aliphatic heterocycles. The zero-order chi connectivity index (χ0) is 16.7. The average Bonchev–Trinajstić information content (AvgIpc) is 2.56. The molecule has 2 rings (SSSR count). The van der Waals surface area contributed by atoms with Gasteiger partial charge in [0.2, 0.25) is 0 Å². The Morgan fingerprint density at radius 3 is 2.74 bits per heavy atom. The summed E-state index contributed by atoms with van der Waals surface area (Å²) in [6.07, 6.45) is 0. The van der Waals surface area contributed by atoms with Crippen molar-refractivity contribution in [3.63, 3.8) is 0 Å². The molecule has 2 aromatic rings. The summed E-state index contributed by atoms with van der Waals surface area (Å²) in [7, 11) is 1.68. The highest BCUT2D eigenvalue weighted by atomic mass is 35.5. The molecule has 0 aliphatic rings. The summed E-state index contributed by atoms with van der Waals surface area (Å²) in [5.74, 6) is 0.699. The van der Waals surface area contributed by atoms with E-state index in [4.69, 9.17) is 21.6 Å². The highest BCUT2D eigenvalue weighted by molar-refractivity contribution is 6.30. The molecule has 118 valence electrons. The predicted octanol–water partition coefficient (Wildman–Crippen LogP) is 3.75. The molecule has 5 nitrogen and oxygen atoms in total. The third-order valence-electron chi connectivity index (χ3n) is 3.10. The number of urea groups is 1. The normalized spacial score (nSPS) is 9.78. The minimum absolute atomic E-state index is 0.264. The maximum absolute atomic E-state index is 12.1. The van der Waals surface area contributed by atoms with Crippen molar-refractivity contribution in [1.82, 2.24) is 4.90 Å². The average molecular weight is 330 g/mol. The number of likely N-dealkylation sites (N-methyl/N-ethyl adjacent to an activating group) is 1. The molecule has 0 bridgehead atoms. The van der Waals surface area contributed by atoms with E-state index in [1.165, 1.54) is 4.90 Å². The van der Waals surface area contributed by atoms with Crippen LogP contribution in [0.25, 0.3) is 0 Å². The quantitative estimate of drug-likeness (QED) is 0.908. The molecule has 0 spiro atoms. The number of rotatable bonds is 5. The zero-order valence-electron chi connectivity index (χ0n) is 12.6. The van der Waals surface area contributed by atoms with Crippen LogP contribution in [0.5, 0.6) is 5.75 Å². The van der Waals surface area contributed by atoms with Crippen LogP contribution in [0.4, 0.5) is 10.5 Å². The summed E-state index contributed by atoms with van der Waals surface area (Å²) < 4.78 is 5.55. The molecule has 0 heterocycles. The Kier molecular flexibility index (Phi) is 5.84. The van der Waals surface area contributed by atoms with Gasteiger partial charge in [-0.1, -0.05) is 17.7 Å². The molecule has 23 heavy (non-hydrogen) atoms. The number of benzene rings is 2. The number of nitriles is 1. The topological polar surface area (TPSA) is 65.4 Å². The van der Waals surface area contributed by atoms with E-state index in [0.717, 1.165) is 0 Å². The summed E-state index contributed by atoms with van der Waals surface area (Å²) in [5, 5.41) is 12.2. The second kappa shape index (κ2) is 8.06. The monoisotopic (exact) mass is 329 g/mol. The Morgan fingerprint density at radius 1 is 1.30 bits per heavy atom. The van der Waals surface area contributed by atoms with Crippen molar-refractivity contribution in [2.75, 3.05) is 25.5 Å². The van der Waals surface area contributed by atoms with Gasteiger partial charge in [0, 0.05) is 17.8 Å². The van der Waals surface area contributed by atoms with Crippen LogP contribution < -0.4 is 10.1 Å². The van der Waals surface area contributed by atoms with E-state index in [1.54, 1.807) is 55.6 Å². The van der Waals surface area contributed by atoms with Crippen LogP contribution in [-0.4, -0.2) is 31.1 Å². The van der Waals surface area contributed by atoms with Gasteiger partial charge in [-0.05, 0) is 42.5 Å². The van der Waals surface area contributed by atoms with Crippen molar-refractivity contribution in [3.8, 4) is 11.8 Å². The van der Waals surface area contributed by atoms with Crippen molar-refractivity contribution < 1.29 is 9.53 Å². The van der Waals surface area contributed by atoms with Gasteiger partial charge in [-0.3, -0.25) is 0 Å². The third kappa shape index (κ3) is 5.20. The summed E-state index contributed by atoms with van der Waals surface area (Å²) >= 11 is 5.80. The molecule has 6 heteroatoms. The molecule has 0 fully saturated rings. The number of carbonyl (C=O) groups excluding carboxylic acids is 1. The van der Waals surface area contributed by atoms with E-state index < -0.39 is 0 Å². The van der Waals surface area contributed by atoms with Gasteiger partial charge in [-0.15, -0.1) is 0 Å². The first-order valence-electron chi connectivity index (χ1n) is 6.99. The molecular formula is C17H16ClN3O2. The molecule has 0 aromatic heterocycles. The highest BCUT2D eigenvalue weighted by Crippen LogP contribution is 2.15. The van der Waals surface area contributed by atoms with Crippen LogP contribution in [0, 0.1) is 11.3 Å². The summed E-state index contributed by atoms with van der Waals surface area (Å²) in [5.41, 5.74) is 1.08. The fraction of sp³-hybridized carbons (Fsp3) is 0.176. The van der Waals surface area contributed by atoms with E-state index >= 15 is 0 Å². The molecule has 2 aromatic carbocycles. The molecule has 0 atom stereocenters. The summed E-state index contributed by atoms with van der Waals surface area (Å²) in [6.45, 7) is 0.788. The van der Waals surface area contributed by atoms with Gasteiger partial charge in [0.05, 0.1) is 18.2 Å². The van der Waals surface area contributed by atoms with Gasteiger partial charge in [0.1, 0.15) is 12.4 Å². The number of halogens is 1. The van der Waals surface area contributed by atoms with E-state index in [9.17, 15) is 4.79 Å². The van der Waals surface area contributed by atoms with Crippen LogP contribution in [0.2, 0.25) is 5.02 Å². The number of ether oxygens (including phenoxy) is 1. The second-order valence-electron chi connectivity index (χ2n) is 4.85. The molecule has 2 amide bonds. The first-order valence-corrected chi connectivity index (χ1v) is 7.37. The lowest BCUT2D eigenvalue weighted by atomic mass is 10.2. The van der Waals surface area contributed by atoms with Crippen molar-refractivity contribution in [3.05, 3.63) is 59.1 Å². The smallest absolute Gasteiger partial charge is 0.321 e. The number of carbonyl (C=O) groups is 1. The molecule has 0 unspecified atom stereocenters. The van der Waals surface area contributed by atoms with E-state index in [-0.39, 0.29) is 6.03 Å². The van der Waals surface area contributed by atoms with Gasteiger partial charge in [0.15, 0.2) is 0 Å². The first-order chi connectivity index (χ1) is 11.1. The summed E-state index contributed by atoms with van der Waals surface area (Å²) in [6, 6.07) is 15.6. The van der Waals surface area contributed by atoms with Crippen molar-refractivity contribution in [2.24, 2.45) is 0 Å². The van der Waals surface area contributed by atoms with E-state index in [1.807, 2.05) is 6.07 Å². The minimum Gasteiger partial charge on any atom is -0.492 e. The lowest BCUT2D eigenvalue weighted by Crippen LogP contribution is -2.34. The first kappa shape index (κ1) is 16.7. The molecule has 0 saturated carbocycles. The standard InChI is InChI=1S/C17H16ClN3O2/c1-21(9-10-23-16-7-5-14(18)6-8-16)17(22)20-15-4-2-3-13(11-15)12-19/h2-8,11H,9-10H2,1H3,(H,20,22). The Hall–Kier alpha value is -2.71. The number of amides is 2. The Balaban J connectivity index is 1.80. The van der Waals surface area contributed by atoms with Gasteiger partial charge in [-0.25, -0.2) is 4.79 Å². The van der Waals surface area contributed by atoms with Crippen LogP contribution in [-0.2, 0) is 0 Å². The molecule has 0 radical (unpaired) electrons. The lowest BCUT2D eigenvalue weighted by molar-refractivity contribution is 0.207. The Labute approximate surface area is 140 Å². The Morgan fingerprint density at radius 2 is 2.04 bits per heavy atom. The van der Waals surface area contributed by atoms with Crippen LogP contribution in [0.15, 0.2) is 48.5 Å².